The first-order valence-corrected chi connectivity index (χ1v) is 6.85. The quantitative estimate of drug-likeness (QED) is 0.773. The summed E-state index contributed by atoms with van der Waals surface area (Å²) >= 11 is 0. The van der Waals surface area contributed by atoms with Crippen molar-refractivity contribution in [3.8, 4) is 0 Å². The first kappa shape index (κ1) is 10.1. The van der Waals surface area contributed by atoms with Gasteiger partial charge in [0.25, 0.3) is 0 Å². The monoisotopic (exact) mass is 213 g/mol. The molecule has 0 saturated heterocycles. The van der Waals surface area contributed by atoms with E-state index in [0.717, 1.165) is 0 Å². The predicted molar refractivity (Wildman–Crippen MR) is 67.5 cm³/mol. The highest BCUT2D eigenvalue weighted by atomic mass is 28.2. The topological polar surface area (TPSA) is 26.0 Å². The molecule has 2 aromatic carbocycles. The largest absolute Gasteiger partial charge is 0.355 e. The normalized spacial score (nSPS) is 11.3. The van der Waals surface area contributed by atoms with Gasteiger partial charge in [-0.3, -0.25) is 0 Å². The Morgan fingerprint density at radius 2 is 1.13 bits per heavy atom. The summed E-state index contributed by atoms with van der Waals surface area (Å²) in [7, 11) is -0.569. The minimum absolute atomic E-state index is 0.451. The zero-order valence-electron chi connectivity index (χ0n) is 8.64. The molecule has 2 N–H and O–H groups in total. The van der Waals surface area contributed by atoms with Crippen LogP contribution in [0.3, 0.4) is 0 Å². The predicted octanol–water partition coefficient (Wildman–Crippen LogP) is 1.82. The van der Waals surface area contributed by atoms with E-state index in [4.69, 9.17) is 5.40 Å². The maximum absolute atomic E-state index is 5.98. The van der Waals surface area contributed by atoms with Crippen molar-refractivity contribution in [1.29, 1.82) is 0 Å². The Morgan fingerprint density at radius 3 is 1.47 bits per heavy atom. The van der Waals surface area contributed by atoms with Crippen LogP contribution in [0.4, 0.5) is 0 Å². The van der Waals surface area contributed by atoms with Gasteiger partial charge in [0.15, 0.2) is 0 Å². The first-order chi connectivity index (χ1) is 7.42. The molecule has 0 atom stereocenters. The van der Waals surface area contributed by atoms with E-state index >= 15 is 0 Å². The summed E-state index contributed by atoms with van der Waals surface area (Å²) in [6.45, 7) is 0. The lowest BCUT2D eigenvalue weighted by Crippen LogP contribution is -2.18. The minimum atomic E-state index is -0.569. The highest BCUT2D eigenvalue weighted by molar-refractivity contribution is 6.34. The van der Waals surface area contributed by atoms with Crippen molar-refractivity contribution in [2.24, 2.45) is 5.40 Å². The lowest BCUT2D eigenvalue weighted by molar-refractivity contribution is 1.12. The fourth-order valence-electron chi connectivity index (χ4n) is 1.84. The second-order valence-electron chi connectivity index (χ2n) is 3.61. The molecule has 0 aliphatic rings. The molecule has 0 unspecified atom stereocenters. The number of hydrogen-bond donors (Lipinski definition) is 1. The zero-order chi connectivity index (χ0) is 10.5. The summed E-state index contributed by atoms with van der Waals surface area (Å²) in [6.07, 6.45) is 0. The van der Waals surface area contributed by atoms with Crippen molar-refractivity contribution in [2.75, 3.05) is 0 Å². The van der Waals surface area contributed by atoms with Gasteiger partial charge in [-0.05, 0) is 11.1 Å². The third-order valence-corrected chi connectivity index (χ3v) is 4.05. The van der Waals surface area contributed by atoms with E-state index in [1.807, 2.05) is 12.1 Å². The fraction of sp³-hybridized carbons (Fsp3) is 0.0769. The van der Waals surface area contributed by atoms with E-state index in [0.29, 0.717) is 5.54 Å². The van der Waals surface area contributed by atoms with Gasteiger partial charge in [0, 0.05) is 5.54 Å². The SMILES string of the molecule is N[SiH2]C(c1ccccc1)c1ccccc1. The van der Waals surface area contributed by atoms with Crippen LogP contribution in [0.2, 0.25) is 0 Å². The van der Waals surface area contributed by atoms with Crippen LogP contribution >= 0.6 is 0 Å². The summed E-state index contributed by atoms with van der Waals surface area (Å²) in [5.41, 5.74) is 3.14. The molecule has 0 aliphatic carbocycles. The first-order valence-electron chi connectivity index (χ1n) is 5.22. The Kier molecular flexibility index (Phi) is 3.32. The Morgan fingerprint density at radius 1 is 0.733 bits per heavy atom. The molecule has 0 aliphatic heterocycles. The van der Waals surface area contributed by atoms with Gasteiger partial charge in [-0.2, -0.15) is 0 Å². The van der Waals surface area contributed by atoms with E-state index in [9.17, 15) is 0 Å². The van der Waals surface area contributed by atoms with E-state index < -0.39 is 9.68 Å². The van der Waals surface area contributed by atoms with Gasteiger partial charge in [-0.15, -0.1) is 0 Å². The molecule has 0 amide bonds. The van der Waals surface area contributed by atoms with Crippen LogP contribution in [-0.2, 0) is 0 Å². The molecular formula is C13H15NSi. The van der Waals surface area contributed by atoms with Crippen molar-refractivity contribution >= 4 is 9.68 Å². The van der Waals surface area contributed by atoms with Crippen molar-refractivity contribution in [1.82, 2.24) is 0 Å². The van der Waals surface area contributed by atoms with E-state index in [-0.39, 0.29) is 0 Å². The number of nitrogens with two attached hydrogens (primary N) is 1. The number of rotatable bonds is 3. The minimum Gasteiger partial charge on any atom is -0.355 e. The summed E-state index contributed by atoms with van der Waals surface area (Å²) < 4.78 is 0. The van der Waals surface area contributed by atoms with Crippen LogP contribution in [0, 0.1) is 0 Å². The average Bonchev–Trinajstić information content (AvgIpc) is 2.33. The van der Waals surface area contributed by atoms with Crippen LogP contribution in [0.5, 0.6) is 0 Å². The van der Waals surface area contributed by atoms with Gasteiger partial charge in [0.2, 0.25) is 0 Å². The fourth-order valence-corrected chi connectivity index (χ4v) is 2.92. The maximum atomic E-state index is 5.98. The molecule has 0 saturated carbocycles. The molecule has 2 aromatic rings. The van der Waals surface area contributed by atoms with Crippen molar-refractivity contribution in [3.05, 3.63) is 71.8 Å². The molecular weight excluding hydrogens is 198 g/mol. The molecule has 0 bridgehead atoms. The van der Waals surface area contributed by atoms with Gasteiger partial charge >= 0.3 is 0 Å². The number of benzene rings is 2. The maximum Gasteiger partial charge on any atom is 0.101 e. The molecule has 15 heavy (non-hydrogen) atoms. The van der Waals surface area contributed by atoms with Gasteiger partial charge in [-0.1, -0.05) is 60.7 Å². The second kappa shape index (κ2) is 4.91. The highest BCUT2D eigenvalue weighted by Crippen LogP contribution is 2.21. The third-order valence-electron chi connectivity index (χ3n) is 2.64. The third kappa shape index (κ3) is 2.35. The standard InChI is InChI=1S/C13H15NSi/c14-15-13(11-7-3-1-4-8-11)12-9-5-2-6-10-12/h1-10,13H,14-15H2. The average molecular weight is 213 g/mol. The summed E-state index contributed by atoms with van der Waals surface area (Å²) in [5.74, 6) is 0. The van der Waals surface area contributed by atoms with Crippen LogP contribution in [0.15, 0.2) is 60.7 Å². The smallest absolute Gasteiger partial charge is 0.101 e. The summed E-state index contributed by atoms with van der Waals surface area (Å²) in [4.78, 5) is 0. The van der Waals surface area contributed by atoms with E-state index in [2.05, 4.69) is 48.5 Å². The van der Waals surface area contributed by atoms with Crippen LogP contribution in [0.1, 0.15) is 16.7 Å². The molecule has 0 spiro atoms. The van der Waals surface area contributed by atoms with E-state index in [1.165, 1.54) is 11.1 Å². The Balaban J connectivity index is 2.34. The molecule has 0 heterocycles. The van der Waals surface area contributed by atoms with Gasteiger partial charge < -0.3 is 5.40 Å². The molecule has 0 fully saturated rings. The molecule has 2 rings (SSSR count). The molecule has 2 heteroatoms. The lowest BCUT2D eigenvalue weighted by Gasteiger charge is -2.14. The van der Waals surface area contributed by atoms with Gasteiger partial charge in [0.1, 0.15) is 9.68 Å². The van der Waals surface area contributed by atoms with Gasteiger partial charge in [-0.25, -0.2) is 0 Å². The van der Waals surface area contributed by atoms with Crippen LogP contribution in [-0.4, -0.2) is 9.68 Å². The van der Waals surface area contributed by atoms with Crippen molar-refractivity contribution in [2.45, 2.75) is 5.54 Å². The summed E-state index contributed by atoms with van der Waals surface area (Å²) in [5, 5.41) is 5.98. The van der Waals surface area contributed by atoms with Crippen molar-refractivity contribution < 1.29 is 0 Å². The molecule has 0 radical (unpaired) electrons. The van der Waals surface area contributed by atoms with E-state index in [1.54, 1.807) is 0 Å². The molecule has 76 valence electrons. The Hall–Kier alpha value is -1.38. The Labute approximate surface area is 92.8 Å². The molecule has 0 aromatic heterocycles. The number of hydrogen-bond acceptors (Lipinski definition) is 1. The van der Waals surface area contributed by atoms with Crippen LogP contribution < -0.4 is 5.40 Å². The second-order valence-corrected chi connectivity index (χ2v) is 4.90. The lowest BCUT2D eigenvalue weighted by atomic mass is 10.0. The highest BCUT2D eigenvalue weighted by Gasteiger charge is 2.11. The molecule has 1 nitrogen and oxygen atoms in total. The summed E-state index contributed by atoms with van der Waals surface area (Å²) in [6, 6.07) is 21.1. The van der Waals surface area contributed by atoms with Crippen LogP contribution in [0.25, 0.3) is 0 Å². The Bertz CT molecular complexity index is 360. The van der Waals surface area contributed by atoms with Gasteiger partial charge in [0.05, 0.1) is 0 Å². The zero-order valence-corrected chi connectivity index (χ0v) is 10.0. The van der Waals surface area contributed by atoms with Crippen molar-refractivity contribution in [3.63, 3.8) is 0 Å².